The molecule has 1 aliphatic carbocycles. The van der Waals surface area contributed by atoms with Gasteiger partial charge < -0.3 is 20.1 Å². The maximum absolute atomic E-state index is 12.8. The molecule has 2 heterocycles. The zero-order valence-corrected chi connectivity index (χ0v) is 14.9. The maximum atomic E-state index is 12.8. The van der Waals surface area contributed by atoms with Crippen LogP contribution in [-0.4, -0.2) is 45.5 Å². The van der Waals surface area contributed by atoms with E-state index >= 15 is 0 Å². The standard InChI is InChI=1S/C19H24N4O3/c1-22-11-15-16(6-3-7-17(15)21-22)20-19(25)23-8-9-26-18(12-23)13-4-2-5-14(24)10-13/h2,4-5,10-11,16,18,24H,3,6-9,12H2,1H3,(H,20,25). The van der Waals surface area contributed by atoms with Crippen molar-refractivity contribution in [2.24, 2.45) is 7.05 Å². The number of nitrogens with one attached hydrogen (secondary N) is 1. The number of amides is 2. The van der Waals surface area contributed by atoms with Gasteiger partial charge in [-0.2, -0.15) is 5.10 Å². The van der Waals surface area contributed by atoms with E-state index in [-0.39, 0.29) is 23.9 Å². The largest absolute Gasteiger partial charge is 0.508 e. The first-order valence-electron chi connectivity index (χ1n) is 9.08. The third-order valence-corrected chi connectivity index (χ3v) is 5.11. The Kier molecular flexibility index (Phi) is 4.55. The van der Waals surface area contributed by atoms with Crippen LogP contribution in [0.25, 0.3) is 0 Å². The van der Waals surface area contributed by atoms with Crippen molar-refractivity contribution in [1.82, 2.24) is 20.0 Å². The Hall–Kier alpha value is -2.54. The lowest BCUT2D eigenvalue weighted by molar-refractivity contribution is -0.0159. The van der Waals surface area contributed by atoms with Crippen molar-refractivity contribution in [3.63, 3.8) is 0 Å². The molecule has 0 saturated carbocycles. The Balaban J connectivity index is 1.43. The van der Waals surface area contributed by atoms with Gasteiger partial charge in [-0.25, -0.2) is 4.79 Å². The van der Waals surface area contributed by atoms with Crippen molar-refractivity contribution in [3.8, 4) is 5.75 Å². The van der Waals surface area contributed by atoms with E-state index in [9.17, 15) is 9.90 Å². The molecule has 2 amide bonds. The molecule has 2 N–H and O–H groups in total. The second-order valence-electron chi connectivity index (χ2n) is 7.00. The number of fused-ring (bicyclic) bond motifs is 1. The van der Waals surface area contributed by atoms with Gasteiger partial charge >= 0.3 is 6.03 Å². The van der Waals surface area contributed by atoms with Crippen molar-refractivity contribution in [3.05, 3.63) is 47.3 Å². The molecule has 1 aliphatic heterocycles. The number of morpholine rings is 1. The number of ether oxygens (including phenoxy) is 1. The highest BCUT2D eigenvalue weighted by Crippen LogP contribution is 2.29. The number of rotatable bonds is 2. The number of urea groups is 1. The summed E-state index contributed by atoms with van der Waals surface area (Å²) in [6, 6.07) is 6.97. The van der Waals surface area contributed by atoms with Crippen molar-refractivity contribution < 1.29 is 14.6 Å². The zero-order chi connectivity index (χ0) is 18.1. The number of benzene rings is 1. The van der Waals surface area contributed by atoms with Gasteiger partial charge in [0.05, 0.1) is 24.9 Å². The van der Waals surface area contributed by atoms with E-state index in [1.165, 1.54) is 0 Å². The smallest absolute Gasteiger partial charge is 0.318 e. The van der Waals surface area contributed by atoms with Gasteiger partial charge in [0.25, 0.3) is 0 Å². The van der Waals surface area contributed by atoms with Crippen LogP contribution >= 0.6 is 0 Å². The molecular formula is C19H24N4O3. The molecule has 4 rings (SSSR count). The van der Waals surface area contributed by atoms with Crippen molar-refractivity contribution in [1.29, 1.82) is 0 Å². The number of aryl methyl sites for hydroxylation is 2. The van der Waals surface area contributed by atoms with Crippen molar-refractivity contribution in [2.75, 3.05) is 19.7 Å². The molecular weight excluding hydrogens is 332 g/mol. The Morgan fingerprint density at radius 3 is 3.15 bits per heavy atom. The number of carbonyl (C=O) groups excluding carboxylic acids is 1. The van der Waals surface area contributed by atoms with Gasteiger partial charge in [-0.15, -0.1) is 0 Å². The molecule has 0 spiro atoms. The van der Waals surface area contributed by atoms with Crippen molar-refractivity contribution in [2.45, 2.75) is 31.4 Å². The van der Waals surface area contributed by atoms with Crippen LogP contribution in [0.15, 0.2) is 30.5 Å². The Bertz CT molecular complexity index is 804. The molecule has 26 heavy (non-hydrogen) atoms. The molecule has 7 nitrogen and oxygen atoms in total. The number of carbonyl (C=O) groups is 1. The van der Waals surface area contributed by atoms with E-state index in [0.717, 1.165) is 36.1 Å². The minimum atomic E-state index is -0.220. The van der Waals surface area contributed by atoms with E-state index in [0.29, 0.717) is 19.7 Å². The molecule has 1 aromatic carbocycles. The first kappa shape index (κ1) is 16.9. The van der Waals surface area contributed by atoms with Gasteiger partial charge in [-0.05, 0) is 37.0 Å². The molecule has 0 radical (unpaired) electrons. The number of nitrogens with zero attached hydrogens (tertiary/aromatic N) is 3. The SMILES string of the molecule is Cn1cc2c(n1)CCCC2NC(=O)N1CCOC(c2cccc(O)c2)C1. The van der Waals surface area contributed by atoms with E-state index < -0.39 is 0 Å². The molecule has 2 aliphatic rings. The van der Waals surface area contributed by atoms with Gasteiger partial charge in [0.15, 0.2) is 0 Å². The number of aromatic hydroxyl groups is 1. The zero-order valence-electron chi connectivity index (χ0n) is 14.9. The highest BCUT2D eigenvalue weighted by Gasteiger charge is 2.29. The Morgan fingerprint density at radius 1 is 1.42 bits per heavy atom. The number of phenolic OH excluding ortho intramolecular Hbond substituents is 1. The summed E-state index contributed by atoms with van der Waals surface area (Å²) in [5, 5.41) is 17.3. The average molecular weight is 356 g/mol. The summed E-state index contributed by atoms with van der Waals surface area (Å²) >= 11 is 0. The molecule has 2 atom stereocenters. The fourth-order valence-electron chi connectivity index (χ4n) is 3.82. The molecule has 0 bridgehead atoms. The van der Waals surface area contributed by atoms with Gasteiger partial charge in [-0.1, -0.05) is 12.1 Å². The van der Waals surface area contributed by atoms with E-state index in [2.05, 4.69) is 10.4 Å². The van der Waals surface area contributed by atoms with Crippen LogP contribution in [0.4, 0.5) is 4.79 Å². The summed E-state index contributed by atoms with van der Waals surface area (Å²) in [5.74, 6) is 0.207. The minimum Gasteiger partial charge on any atom is -0.508 e. The second-order valence-corrected chi connectivity index (χ2v) is 7.00. The lowest BCUT2D eigenvalue weighted by Crippen LogP contribution is -2.48. The summed E-state index contributed by atoms with van der Waals surface area (Å²) in [7, 11) is 1.92. The summed E-state index contributed by atoms with van der Waals surface area (Å²) in [6.07, 6.45) is 4.73. The lowest BCUT2D eigenvalue weighted by atomic mass is 9.93. The fourth-order valence-corrected chi connectivity index (χ4v) is 3.82. The Morgan fingerprint density at radius 2 is 2.31 bits per heavy atom. The molecule has 1 saturated heterocycles. The summed E-state index contributed by atoms with van der Waals surface area (Å²) < 4.78 is 7.62. The highest BCUT2D eigenvalue weighted by molar-refractivity contribution is 5.75. The molecule has 138 valence electrons. The van der Waals surface area contributed by atoms with Crippen LogP contribution in [0.2, 0.25) is 0 Å². The average Bonchev–Trinajstić information content (AvgIpc) is 3.03. The van der Waals surface area contributed by atoms with Gasteiger partial charge in [0, 0.05) is 25.4 Å². The normalized spacial score (nSPS) is 22.7. The third-order valence-electron chi connectivity index (χ3n) is 5.11. The number of hydrogen-bond donors (Lipinski definition) is 2. The molecule has 2 aromatic rings. The van der Waals surface area contributed by atoms with E-state index in [1.807, 2.05) is 24.0 Å². The quantitative estimate of drug-likeness (QED) is 0.865. The topological polar surface area (TPSA) is 79.6 Å². The van der Waals surface area contributed by atoms with Gasteiger partial charge in [0.1, 0.15) is 11.9 Å². The number of aromatic nitrogens is 2. The predicted octanol–water partition coefficient (Wildman–Crippen LogP) is 2.29. The molecule has 7 heteroatoms. The fraction of sp³-hybridized carbons (Fsp3) is 0.474. The first-order valence-corrected chi connectivity index (χ1v) is 9.08. The summed E-state index contributed by atoms with van der Waals surface area (Å²) in [6.45, 7) is 1.52. The maximum Gasteiger partial charge on any atom is 0.318 e. The summed E-state index contributed by atoms with van der Waals surface area (Å²) in [5.41, 5.74) is 3.10. The van der Waals surface area contributed by atoms with Crippen LogP contribution in [0, 0.1) is 0 Å². The molecule has 1 fully saturated rings. The minimum absolute atomic E-state index is 0.0158. The lowest BCUT2D eigenvalue weighted by Gasteiger charge is -2.34. The first-order chi connectivity index (χ1) is 12.6. The summed E-state index contributed by atoms with van der Waals surface area (Å²) in [4.78, 5) is 14.6. The van der Waals surface area contributed by atoms with Crippen molar-refractivity contribution >= 4 is 6.03 Å². The third kappa shape index (κ3) is 3.39. The van der Waals surface area contributed by atoms with Gasteiger partial charge in [0.2, 0.25) is 0 Å². The van der Waals surface area contributed by atoms with E-state index in [1.54, 1.807) is 23.1 Å². The second kappa shape index (κ2) is 6.99. The number of phenols is 1. The predicted molar refractivity (Wildman–Crippen MR) is 95.8 cm³/mol. The monoisotopic (exact) mass is 356 g/mol. The van der Waals surface area contributed by atoms with Crippen LogP contribution in [-0.2, 0) is 18.2 Å². The van der Waals surface area contributed by atoms with Crippen LogP contribution in [0.1, 0.15) is 41.8 Å². The highest BCUT2D eigenvalue weighted by atomic mass is 16.5. The number of hydrogen-bond acceptors (Lipinski definition) is 4. The van der Waals surface area contributed by atoms with E-state index in [4.69, 9.17) is 4.74 Å². The van der Waals surface area contributed by atoms with Crippen LogP contribution < -0.4 is 5.32 Å². The molecule has 2 unspecified atom stereocenters. The van der Waals surface area contributed by atoms with Gasteiger partial charge in [-0.3, -0.25) is 4.68 Å². The Labute approximate surface area is 152 Å². The van der Waals surface area contributed by atoms with Crippen LogP contribution in [0.3, 0.4) is 0 Å². The molecule has 1 aromatic heterocycles. The van der Waals surface area contributed by atoms with Crippen LogP contribution in [0.5, 0.6) is 5.75 Å².